The van der Waals surface area contributed by atoms with Crippen molar-refractivity contribution in [3.8, 4) is 11.1 Å². The molecule has 136 valence electrons. The summed E-state index contributed by atoms with van der Waals surface area (Å²) in [4.78, 5) is 24.6. The normalized spacial score (nSPS) is 11.4. The van der Waals surface area contributed by atoms with Crippen molar-refractivity contribution < 1.29 is 9.59 Å². The van der Waals surface area contributed by atoms with E-state index in [2.05, 4.69) is 10.6 Å². The molecule has 3 rings (SSSR count). The third-order valence-electron chi connectivity index (χ3n) is 4.30. The van der Waals surface area contributed by atoms with E-state index in [9.17, 15) is 9.59 Å². The number of rotatable bonds is 6. The Bertz CT molecular complexity index is 891. The predicted molar refractivity (Wildman–Crippen MR) is 107 cm³/mol. The molecule has 4 nitrogen and oxygen atoms in total. The maximum Gasteiger partial charge on any atom is 0.251 e. The zero-order valence-corrected chi connectivity index (χ0v) is 15.2. The number of carbonyl (C=O) groups excluding carboxylic acids is 2. The number of amides is 2. The van der Waals surface area contributed by atoms with Gasteiger partial charge in [-0.2, -0.15) is 0 Å². The molecule has 0 aliphatic carbocycles. The second-order valence-corrected chi connectivity index (χ2v) is 6.34. The van der Waals surface area contributed by atoms with Crippen molar-refractivity contribution in [3.63, 3.8) is 0 Å². The van der Waals surface area contributed by atoms with E-state index in [1.54, 1.807) is 19.1 Å². The van der Waals surface area contributed by atoms with Crippen LogP contribution in [0.5, 0.6) is 0 Å². The van der Waals surface area contributed by atoms with Gasteiger partial charge in [-0.25, -0.2) is 0 Å². The van der Waals surface area contributed by atoms with E-state index in [-0.39, 0.29) is 11.8 Å². The summed E-state index contributed by atoms with van der Waals surface area (Å²) in [6.45, 7) is 2.11. The molecule has 1 unspecified atom stereocenters. The third-order valence-corrected chi connectivity index (χ3v) is 4.30. The van der Waals surface area contributed by atoms with Gasteiger partial charge in [0.15, 0.2) is 0 Å². The van der Waals surface area contributed by atoms with Gasteiger partial charge in [-0.1, -0.05) is 72.8 Å². The van der Waals surface area contributed by atoms with Crippen LogP contribution in [0.25, 0.3) is 11.1 Å². The second kappa shape index (κ2) is 8.81. The van der Waals surface area contributed by atoms with E-state index in [1.165, 1.54) is 0 Å². The average Bonchev–Trinajstić information content (AvgIpc) is 2.73. The van der Waals surface area contributed by atoms with E-state index in [0.29, 0.717) is 12.1 Å². The average molecular weight is 358 g/mol. The highest BCUT2D eigenvalue weighted by Crippen LogP contribution is 2.19. The van der Waals surface area contributed by atoms with Crippen LogP contribution in [-0.2, 0) is 11.3 Å². The van der Waals surface area contributed by atoms with Crippen LogP contribution in [0.2, 0.25) is 0 Å². The highest BCUT2D eigenvalue weighted by molar-refractivity contribution is 5.97. The Labute approximate surface area is 159 Å². The Balaban J connectivity index is 1.55. The van der Waals surface area contributed by atoms with Crippen LogP contribution < -0.4 is 10.6 Å². The standard InChI is InChI=1S/C23H22N2O2/c1-17(22(26)24-16-18-8-4-2-5-9-18)25-23(27)21-14-12-20(13-15-21)19-10-6-3-7-11-19/h2-15,17H,16H2,1H3,(H,24,26)(H,25,27). The molecule has 0 saturated heterocycles. The van der Waals surface area contributed by atoms with Crippen LogP contribution in [0.4, 0.5) is 0 Å². The highest BCUT2D eigenvalue weighted by atomic mass is 16.2. The van der Waals surface area contributed by atoms with Gasteiger partial charge in [0.2, 0.25) is 5.91 Å². The van der Waals surface area contributed by atoms with Crippen molar-refractivity contribution in [2.45, 2.75) is 19.5 Å². The minimum Gasteiger partial charge on any atom is -0.350 e. The second-order valence-electron chi connectivity index (χ2n) is 6.34. The molecular weight excluding hydrogens is 336 g/mol. The first kappa shape index (κ1) is 18.4. The zero-order chi connectivity index (χ0) is 19.1. The van der Waals surface area contributed by atoms with Crippen molar-refractivity contribution >= 4 is 11.8 Å². The van der Waals surface area contributed by atoms with Crippen LogP contribution in [0, 0.1) is 0 Å². The molecule has 3 aromatic rings. The number of carbonyl (C=O) groups is 2. The molecule has 2 amide bonds. The molecule has 27 heavy (non-hydrogen) atoms. The molecule has 4 heteroatoms. The fourth-order valence-corrected chi connectivity index (χ4v) is 2.73. The number of hydrogen-bond acceptors (Lipinski definition) is 2. The molecule has 0 bridgehead atoms. The van der Waals surface area contributed by atoms with E-state index < -0.39 is 6.04 Å². The van der Waals surface area contributed by atoms with Crippen molar-refractivity contribution in [2.24, 2.45) is 0 Å². The highest BCUT2D eigenvalue weighted by Gasteiger charge is 2.16. The van der Waals surface area contributed by atoms with Gasteiger partial charge in [0.05, 0.1) is 0 Å². The summed E-state index contributed by atoms with van der Waals surface area (Å²) in [7, 11) is 0. The van der Waals surface area contributed by atoms with Crippen LogP contribution in [-0.4, -0.2) is 17.9 Å². The molecular formula is C23H22N2O2. The van der Waals surface area contributed by atoms with Gasteiger partial charge < -0.3 is 10.6 Å². The lowest BCUT2D eigenvalue weighted by Gasteiger charge is -2.14. The molecule has 2 N–H and O–H groups in total. The van der Waals surface area contributed by atoms with Gasteiger partial charge in [0, 0.05) is 12.1 Å². The number of nitrogens with one attached hydrogen (secondary N) is 2. The van der Waals surface area contributed by atoms with E-state index in [0.717, 1.165) is 16.7 Å². The molecule has 0 fully saturated rings. The fraction of sp³-hybridized carbons (Fsp3) is 0.130. The van der Waals surface area contributed by atoms with Gasteiger partial charge in [0.1, 0.15) is 6.04 Å². The van der Waals surface area contributed by atoms with Gasteiger partial charge >= 0.3 is 0 Å². The summed E-state index contributed by atoms with van der Waals surface area (Å²) >= 11 is 0. The topological polar surface area (TPSA) is 58.2 Å². The first-order chi connectivity index (χ1) is 13.1. The molecule has 0 saturated carbocycles. The van der Waals surface area contributed by atoms with Gasteiger partial charge in [-0.15, -0.1) is 0 Å². The smallest absolute Gasteiger partial charge is 0.251 e. The first-order valence-corrected chi connectivity index (χ1v) is 8.91. The number of benzene rings is 3. The fourth-order valence-electron chi connectivity index (χ4n) is 2.73. The first-order valence-electron chi connectivity index (χ1n) is 8.91. The predicted octanol–water partition coefficient (Wildman–Crippen LogP) is 3.79. The molecule has 0 aromatic heterocycles. The summed E-state index contributed by atoms with van der Waals surface area (Å²) in [6, 6.07) is 26.4. The summed E-state index contributed by atoms with van der Waals surface area (Å²) < 4.78 is 0. The SMILES string of the molecule is CC(NC(=O)c1ccc(-c2ccccc2)cc1)C(=O)NCc1ccccc1. The molecule has 0 aliphatic heterocycles. The lowest BCUT2D eigenvalue weighted by Crippen LogP contribution is -2.44. The van der Waals surface area contributed by atoms with Crippen LogP contribution in [0.1, 0.15) is 22.8 Å². The Morgan fingerprint density at radius 3 is 1.96 bits per heavy atom. The van der Waals surface area contributed by atoms with E-state index in [4.69, 9.17) is 0 Å². The summed E-state index contributed by atoms with van der Waals surface area (Å²) in [6.07, 6.45) is 0. The minimum atomic E-state index is -0.616. The Morgan fingerprint density at radius 2 is 1.33 bits per heavy atom. The Morgan fingerprint density at radius 1 is 0.778 bits per heavy atom. The molecule has 0 spiro atoms. The molecule has 1 atom stereocenters. The summed E-state index contributed by atoms with van der Waals surface area (Å²) in [5.41, 5.74) is 3.68. The number of hydrogen-bond donors (Lipinski definition) is 2. The maximum atomic E-state index is 12.4. The van der Waals surface area contributed by atoms with Crippen molar-refractivity contribution in [2.75, 3.05) is 0 Å². The monoisotopic (exact) mass is 358 g/mol. The molecule has 0 heterocycles. The van der Waals surface area contributed by atoms with E-state index in [1.807, 2.05) is 72.8 Å². The molecule has 3 aromatic carbocycles. The van der Waals surface area contributed by atoms with Gasteiger partial charge in [-0.3, -0.25) is 9.59 Å². The quantitative estimate of drug-likeness (QED) is 0.704. The molecule has 0 radical (unpaired) electrons. The zero-order valence-electron chi connectivity index (χ0n) is 15.2. The van der Waals surface area contributed by atoms with Crippen molar-refractivity contribution in [1.82, 2.24) is 10.6 Å². The molecule has 0 aliphatic rings. The van der Waals surface area contributed by atoms with Crippen molar-refractivity contribution in [3.05, 3.63) is 96.1 Å². The van der Waals surface area contributed by atoms with E-state index >= 15 is 0 Å². The van der Waals surface area contributed by atoms with Gasteiger partial charge in [0.25, 0.3) is 5.91 Å². The van der Waals surface area contributed by atoms with Crippen molar-refractivity contribution in [1.29, 1.82) is 0 Å². The lowest BCUT2D eigenvalue weighted by molar-refractivity contribution is -0.122. The summed E-state index contributed by atoms with van der Waals surface area (Å²) in [5.74, 6) is -0.481. The minimum absolute atomic E-state index is 0.215. The summed E-state index contributed by atoms with van der Waals surface area (Å²) in [5, 5.41) is 5.57. The lowest BCUT2D eigenvalue weighted by atomic mass is 10.0. The third kappa shape index (κ3) is 5.05. The Kier molecular flexibility index (Phi) is 6.00. The Hall–Kier alpha value is -3.40. The van der Waals surface area contributed by atoms with Crippen LogP contribution >= 0.6 is 0 Å². The maximum absolute atomic E-state index is 12.4. The largest absolute Gasteiger partial charge is 0.350 e. The van der Waals surface area contributed by atoms with Crippen LogP contribution in [0.3, 0.4) is 0 Å². The van der Waals surface area contributed by atoms with Crippen LogP contribution in [0.15, 0.2) is 84.9 Å². The van der Waals surface area contributed by atoms with Gasteiger partial charge in [-0.05, 0) is 35.7 Å².